The molecule has 0 aromatic rings. The molecular formula is C8H16Cl2. The quantitative estimate of drug-likeness (QED) is 0.595. The predicted octanol–water partition coefficient (Wildman–Crippen LogP) is 3.80. The summed E-state index contributed by atoms with van der Waals surface area (Å²) in [5.74, 6) is 0. The van der Waals surface area contributed by atoms with Crippen molar-refractivity contribution in [1.82, 2.24) is 0 Å². The molecule has 0 rings (SSSR count). The van der Waals surface area contributed by atoms with Crippen molar-refractivity contribution < 1.29 is 0 Å². The molecule has 0 heterocycles. The van der Waals surface area contributed by atoms with Gasteiger partial charge in [0.1, 0.15) is 0 Å². The topological polar surface area (TPSA) is 0 Å². The maximum absolute atomic E-state index is 5.98. The van der Waals surface area contributed by atoms with E-state index in [1.54, 1.807) is 0 Å². The molecule has 0 saturated heterocycles. The Morgan fingerprint density at radius 2 is 1.00 bits per heavy atom. The summed E-state index contributed by atoms with van der Waals surface area (Å²) in [7, 11) is 0. The lowest BCUT2D eigenvalue weighted by Crippen LogP contribution is -2.17. The number of halogens is 2. The fraction of sp³-hybridized carbons (Fsp3) is 1.00. The molecule has 0 saturated carbocycles. The number of alkyl halides is 2. The molecule has 0 fully saturated rings. The summed E-state index contributed by atoms with van der Waals surface area (Å²) in [6.45, 7) is 8.04. The van der Waals surface area contributed by atoms with Crippen LogP contribution in [-0.4, -0.2) is 9.75 Å². The largest absolute Gasteiger partial charge is 0.120 e. The zero-order valence-electron chi connectivity index (χ0n) is 7.17. The van der Waals surface area contributed by atoms with Crippen molar-refractivity contribution in [3.63, 3.8) is 0 Å². The minimum atomic E-state index is -0.105. The molecule has 2 heteroatoms. The van der Waals surface area contributed by atoms with Crippen LogP contribution in [0.4, 0.5) is 0 Å². The van der Waals surface area contributed by atoms with Gasteiger partial charge in [-0.2, -0.15) is 0 Å². The molecule has 62 valence electrons. The van der Waals surface area contributed by atoms with Crippen molar-refractivity contribution in [2.24, 2.45) is 0 Å². The van der Waals surface area contributed by atoms with Crippen LogP contribution in [0.1, 0.15) is 40.5 Å². The van der Waals surface area contributed by atoms with Gasteiger partial charge in [-0.05, 0) is 40.5 Å². The smallest absolute Gasteiger partial charge is 0.0391 e. The first-order valence-corrected chi connectivity index (χ1v) is 4.34. The average molecular weight is 191 g/mol. The van der Waals surface area contributed by atoms with Crippen LogP contribution >= 0.6 is 23.2 Å². The Labute approximate surface area is 73.9 Å². The van der Waals surface area contributed by atoms with Crippen LogP contribution in [0.2, 0.25) is 0 Å². The maximum atomic E-state index is 5.98. The van der Waals surface area contributed by atoms with Crippen molar-refractivity contribution in [2.75, 3.05) is 0 Å². The van der Waals surface area contributed by atoms with E-state index in [1.807, 2.05) is 27.7 Å². The second kappa shape index (κ2) is 3.32. The van der Waals surface area contributed by atoms with Crippen LogP contribution in [0.3, 0.4) is 0 Å². The van der Waals surface area contributed by atoms with Gasteiger partial charge in [0.25, 0.3) is 0 Å². The molecule has 0 N–H and O–H groups in total. The third-order valence-corrected chi connectivity index (χ3v) is 1.69. The fourth-order valence-electron chi connectivity index (χ4n) is 0.594. The molecule has 0 aromatic heterocycles. The molecule has 0 bridgehead atoms. The number of rotatable bonds is 3. The third-order valence-electron chi connectivity index (χ3n) is 1.31. The molecule has 0 amide bonds. The van der Waals surface area contributed by atoms with Gasteiger partial charge in [-0.3, -0.25) is 0 Å². The molecule has 0 spiro atoms. The van der Waals surface area contributed by atoms with Gasteiger partial charge in [-0.25, -0.2) is 0 Å². The van der Waals surface area contributed by atoms with Crippen LogP contribution in [0.25, 0.3) is 0 Å². The van der Waals surface area contributed by atoms with Crippen molar-refractivity contribution in [3.8, 4) is 0 Å². The van der Waals surface area contributed by atoms with Crippen molar-refractivity contribution >= 4 is 23.2 Å². The van der Waals surface area contributed by atoms with Gasteiger partial charge in [0.15, 0.2) is 0 Å². The van der Waals surface area contributed by atoms with Crippen LogP contribution in [0.15, 0.2) is 0 Å². The molecule has 10 heavy (non-hydrogen) atoms. The molecular weight excluding hydrogens is 175 g/mol. The summed E-state index contributed by atoms with van der Waals surface area (Å²) in [5.41, 5.74) is 0. The first-order valence-electron chi connectivity index (χ1n) is 3.59. The molecule has 0 atom stereocenters. The average Bonchev–Trinajstić information content (AvgIpc) is 1.57. The van der Waals surface area contributed by atoms with Gasteiger partial charge in [0.2, 0.25) is 0 Å². The highest BCUT2D eigenvalue weighted by molar-refractivity contribution is 6.24. The summed E-state index contributed by atoms with van der Waals surface area (Å²) >= 11 is 12.0. The number of hydrogen-bond acceptors (Lipinski definition) is 0. The van der Waals surface area contributed by atoms with Gasteiger partial charge < -0.3 is 0 Å². The van der Waals surface area contributed by atoms with Crippen LogP contribution in [0.5, 0.6) is 0 Å². The SMILES string of the molecule is [14CH3]C([14CH3])(Cl)CCC([14CH3])([14CH3])Cl. The van der Waals surface area contributed by atoms with Crippen LogP contribution < -0.4 is 0 Å². The highest BCUT2D eigenvalue weighted by atomic mass is 35.5. The zero-order valence-corrected chi connectivity index (χ0v) is 8.68. The van der Waals surface area contributed by atoms with E-state index in [0.29, 0.717) is 0 Å². The summed E-state index contributed by atoms with van der Waals surface area (Å²) in [6.07, 6.45) is 1.93. The van der Waals surface area contributed by atoms with E-state index in [0.717, 1.165) is 12.8 Å². The first-order chi connectivity index (χ1) is 4.21. The van der Waals surface area contributed by atoms with E-state index in [1.165, 1.54) is 0 Å². The summed E-state index contributed by atoms with van der Waals surface area (Å²) in [6, 6.07) is 0. The minimum Gasteiger partial charge on any atom is -0.120 e. The van der Waals surface area contributed by atoms with E-state index in [9.17, 15) is 0 Å². The monoisotopic (exact) mass is 190 g/mol. The predicted molar refractivity (Wildman–Crippen MR) is 49.1 cm³/mol. The van der Waals surface area contributed by atoms with E-state index in [-0.39, 0.29) is 9.75 Å². The first kappa shape index (κ1) is 10.6. The van der Waals surface area contributed by atoms with Gasteiger partial charge in [0, 0.05) is 9.75 Å². The van der Waals surface area contributed by atoms with Crippen LogP contribution in [-0.2, 0) is 0 Å². The maximum Gasteiger partial charge on any atom is 0.0391 e. The molecule has 0 unspecified atom stereocenters. The van der Waals surface area contributed by atoms with Crippen molar-refractivity contribution in [3.05, 3.63) is 0 Å². The Kier molecular flexibility index (Phi) is 3.51. The number of hydrogen-bond donors (Lipinski definition) is 0. The second-order valence-electron chi connectivity index (χ2n) is 3.94. The summed E-state index contributed by atoms with van der Waals surface area (Å²) in [4.78, 5) is -0.210. The van der Waals surface area contributed by atoms with E-state index in [4.69, 9.17) is 23.2 Å². The lowest BCUT2D eigenvalue weighted by atomic mass is 10.2. The second-order valence-corrected chi connectivity index (χ2v) is 5.98. The van der Waals surface area contributed by atoms with E-state index in [2.05, 4.69) is 0 Å². The standard InChI is InChI=1S/C8H16Cl2/c1-7(2,9)5-6-8(3,4)10/h5-6H2,1-4H3/i1+2,2+2,3+2,4+2. The Morgan fingerprint density at radius 1 is 0.800 bits per heavy atom. The zero-order chi connectivity index (χ0) is 8.41. The lowest BCUT2D eigenvalue weighted by Gasteiger charge is -2.21. The fourth-order valence-corrected chi connectivity index (χ4v) is 0.783. The summed E-state index contributed by atoms with van der Waals surface area (Å²) < 4.78 is 0. The van der Waals surface area contributed by atoms with Crippen LogP contribution in [0, 0.1) is 0 Å². The van der Waals surface area contributed by atoms with E-state index >= 15 is 0 Å². The lowest BCUT2D eigenvalue weighted by molar-refractivity contribution is 0.520. The Balaban J connectivity index is 3.56. The van der Waals surface area contributed by atoms with E-state index < -0.39 is 0 Å². The Bertz CT molecular complexity index is 80.8. The molecule has 0 radical (unpaired) electrons. The highest BCUT2D eigenvalue weighted by Gasteiger charge is 2.19. The van der Waals surface area contributed by atoms with Gasteiger partial charge in [-0.15, -0.1) is 23.2 Å². The molecule has 0 aromatic carbocycles. The Morgan fingerprint density at radius 3 is 1.10 bits per heavy atom. The molecule has 0 aliphatic rings. The molecule has 0 aliphatic carbocycles. The molecule has 0 nitrogen and oxygen atoms in total. The highest BCUT2D eigenvalue weighted by Crippen LogP contribution is 2.27. The third kappa shape index (κ3) is 8.58. The Hall–Kier alpha value is 0.580. The van der Waals surface area contributed by atoms with Crippen molar-refractivity contribution in [2.45, 2.75) is 50.3 Å². The van der Waals surface area contributed by atoms with Gasteiger partial charge in [0.05, 0.1) is 0 Å². The van der Waals surface area contributed by atoms with Gasteiger partial charge >= 0.3 is 0 Å². The van der Waals surface area contributed by atoms with Crippen molar-refractivity contribution in [1.29, 1.82) is 0 Å². The summed E-state index contributed by atoms with van der Waals surface area (Å²) in [5, 5.41) is 0. The molecule has 0 aliphatic heterocycles. The minimum absolute atomic E-state index is 0.105. The normalized spacial score (nSPS) is 13.8. The van der Waals surface area contributed by atoms with Gasteiger partial charge in [-0.1, -0.05) is 0 Å².